The maximum atomic E-state index is 12.7. The number of rotatable bonds is 5. The van der Waals surface area contributed by atoms with Crippen molar-refractivity contribution in [1.82, 2.24) is 19.8 Å². The Labute approximate surface area is 171 Å². The molecule has 7 nitrogen and oxygen atoms in total. The molecule has 0 aliphatic carbocycles. The van der Waals surface area contributed by atoms with Crippen LogP contribution < -0.4 is 16.6 Å². The summed E-state index contributed by atoms with van der Waals surface area (Å²) in [6.45, 7) is 13.5. The lowest BCUT2D eigenvalue weighted by molar-refractivity contribution is 0.0445. The molecule has 2 aromatic rings. The molecule has 1 aromatic heterocycles. The average molecular weight is 401 g/mol. The van der Waals surface area contributed by atoms with Crippen molar-refractivity contribution in [2.24, 2.45) is 11.8 Å². The van der Waals surface area contributed by atoms with Gasteiger partial charge < -0.3 is 10.3 Å². The smallest absolute Gasteiger partial charge is 0.328 e. The zero-order valence-corrected chi connectivity index (χ0v) is 18.0. The Morgan fingerprint density at radius 3 is 2.48 bits per heavy atom. The highest BCUT2D eigenvalue weighted by Gasteiger charge is 2.33. The number of benzene rings is 1. The lowest BCUT2D eigenvalue weighted by Gasteiger charge is -2.45. The second-order valence-corrected chi connectivity index (χ2v) is 9.09. The van der Waals surface area contributed by atoms with E-state index in [4.69, 9.17) is 0 Å². The molecule has 1 fully saturated rings. The number of aromatic amines is 1. The van der Waals surface area contributed by atoms with Crippen LogP contribution in [0.4, 0.5) is 0 Å². The standard InChI is InChI=1S/C22H32N4O3/c1-6-26-20(28)17-8-7-16(10-18(17)24-21(26)29)19(27)23-13-22(4,5)25-11-14(2)9-15(3)12-25/h7-8,10,14-15H,6,9,11-13H2,1-5H3,(H,23,27)(H,24,29)/t14-,15-/m0/s1. The molecule has 2 heterocycles. The van der Waals surface area contributed by atoms with E-state index in [9.17, 15) is 14.4 Å². The number of carbonyl (C=O) groups is 1. The first-order chi connectivity index (χ1) is 13.6. The van der Waals surface area contributed by atoms with Crippen LogP contribution in [0.1, 0.15) is 51.4 Å². The molecular weight excluding hydrogens is 368 g/mol. The van der Waals surface area contributed by atoms with Gasteiger partial charge in [0.1, 0.15) is 0 Å². The van der Waals surface area contributed by atoms with Crippen LogP contribution in [0.5, 0.6) is 0 Å². The fraction of sp³-hybridized carbons (Fsp3) is 0.591. The molecule has 1 aliphatic heterocycles. The number of hydrogen-bond acceptors (Lipinski definition) is 4. The lowest BCUT2D eigenvalue weighted by atomic mass is 9.88. The number of amides is 1. The first-order valence-corrected chi connectivity index (χ1v) is 10.4. The Bertz CT molecular complexity index is 1010. The summed E-state index contributed by atoms with van der Waals surface area (Å²) in [6, 6.07) is 4.81. The Hall–Kier alpha value is -2.41. The summed E-state index contributed by atoms with van der Waals surface area (Å²) in [7, 11) is 0. The summed E-state index contributed by atoms with van der Waals surface area (Å²) in [6.07, 6.45) is 1.24. The van der Waals surface area contributed by atoms with Crippen molar-refractivity contribution in [3.63, 3.8) is 0 Å². The van der Waals surface area contributed by atoms with E-state index in [1.807, 2.05) is 0 Å². The highest BCUT2D eigenvalue weighted by molar-refractivity contribution is 5.97. The lowest BCUT2D eigenvalue weighted by Crippen LogP contribution is -2.56. The molecule has 3 rings (SSSR count). The van der Waals surface area contributed by atoms with Gasteiger partial charge in [-0.25, -0.2) is 4.79 Å². The number of likely N-dealkylation sites (tertiary alicyclic amines) is 1. The molecular formula is C22H32N4O3. The van der Waals surface area contributed by atoms with Gasteiger partial charge in [0.2, 0.25) is 0 Å². The van der Waals surface area contributed by atoms with Crippen LogP contribution in [0.25, 0.3) is 10.9 Å². The Balaban J connectivity index is 1.76. The van der Waals surface area contributed by atoms with Gasteiger partial charge in [-0.3, -0.25) is 19.1 Å². The predicted octanol–water partition coefficient (Wildman–Crippen LogP) is 2.20. The monoisotopic (exact) mass is 400 g/mol. The van der Waals surface area contributed by atoms with Crippen LogP contribution in [-0.4, -0.2) is 45.5 Å². The van der Waals surface area contributed by atoms with E-state index in [-0.39, 0.29) is 17.0 Å². The van der Waals surface area contributed by atoms with E-state index < -0.39 is 5.69 Å². The molecule has 0 saturated carbocycles. The van der Waals surface area contributed by atoms with Crippen molar-refractivity contribution < 1.29 is 4.79 Å². The Morgan fingerprint density at radius 1 is 1.21 bits per heavy atom. The largest absolute Gasteiger partial charge is 0.350 e. The summed E-state index contributed by atoms with van der Waals surface area (Å²) in [4.78, 5) is 42.3. The Morgan fingerprint density at radius 2 is 1.86 bits per heavy atom. The van der Waals surface area contributed by atoms with Gasteiger partial charge in [-0.05, 0) is 57.2 Å². The van der Waals surface area contributed by atoms with E-state index in [0.29, 0.717) is 41.4 Å². The van der Waals surface area contributed by atoms with Gasteiger partial charge in [0, 0.05) is 37.3 Å². The van der Waals surface area contributed by atoms with Crippen LogP contribution in [0.15, 0.2) is 27.8 Å². The molecule has 0 radical (unpaired) electrons. The molecule has 1 aromatic carbocycles. The van der Waals surface area contributed by atoms with E-state index in [1.165, 1.54) is 6.42 Å². The highest BCUT2D eigenvalue weighted by atomic mass is 16.2. The van der Waals surface area contributed by atoms with Gasteiger partial charge in [0.15, 0.2) is 0 Å². The second-order valence-electron chi connectivity index (χ2n) is 9.09. The van der Waals surface area contributed by atoms with Gasteiger partial charge in [-0.1, -0.05) is 13.8 Å². The van der Waals surface area contributed by atoms with Gasteiger partial charge in [0.25, 0.3) is 11.5 Å². The van der Waals surface area contributed by atoms with Crippen molar-refractivity contribution >= 4 is 16.8 Å². The molecule has 7 heteroatoms. The zero-order chi connectivity index (χ0) is 21.3. The molecule has 1 aliphatic rings. The molecule has 29 heavy (non-hydrogen) atoms. The molecule has 2 atom stereocenters. The number of fused-ring (bicyclic) bond motifs is 1. The van der Waals surface area contributed by atoms with Crippen molar-refractivity contribution in [3.05, 3.63) is 44.6 Å². The summed E-state index contributed by atoms with van der Waals surface area (Å²) < 4.78 is 1.14. The van der Waals surface area contributed by atoms with Crippen molar-refractivity contribution in [1.29, 1.82) is 0 Å². The zero-order valence-electron chi connectivity index (χ0n) is 18.0. The van der Waals surface area contributed by atoms with Crippen molar-refractivity contribution in [2.45, 2.75) is 53.1 Å². The third-order valence-corrected chi connectivity index (χ3v) is 5.97. The number of piperidine rings is 1. The maximum absolute atomic E-state index is 12.7. The minimum Gasteiger partial charge on any atom is -0.350 e. The number of H-pyrrole nitrogens is 1. The molecule has 2 N–H and O–H groups in total. The first kappa shape index (κ1) is 21.3. The molecule has 0 bridgehead atoms. The first-order valence-electron chi connectivity index (χ1n) is 10.4. The third kappa shape index (κ3) is 4.45. The van der Waals surface area contributed by atoms with Gasteiger partial charge in [0.05, 0.1) is 10.9 Å². The van der Waals surface area contributed by atoms with Crippen LogP contribution >= 0.6 is 0 Å². The average Bonchev–Trinajstić information content (AvgIpc) is 2.65. The number of hydrogen-bond donors (Lipinski definition) is 2. The van der Waals surface area contributed by atoms with Crippen LogP contribution in [-0.2, 0) is 6.54 Å². The van der Waals surface area contributed by atoms with Gasteiger partial charge in [-0.15, -0.1) is 0 Å². The van der Waals surface area contributed by atoms with Crippen LogP contribution in [0, 0.1) is 11.8 Å². The minimum absolute atomic E-state index is 0.154. The molecule has 0 spiro atoms. The normalized spacial score (nSPS) is 20.7. The summed E-state index contributed by atoms with van der Waals surface area (Å²) in [5.74, 6) is 1.09. The van der Waals surface area contributed by atoms with E-state index >= 15 is 0 Å². The van der Waals surface area contributed by atoms with E-state index in [0.717, 1.165) is 17.7 Å². The molecule has 158 valence electrons. The minimum atomic E-state index is -0.461. The predicted molar refractivity (Wildman–Crippen MR) is 115 cm³/mol. The van der Waals surface area contributed by atoms with Gasteiger partial charge in [-0.2, -0.15) is 0 Å². The molecule has 1 saturated heterocycles. The number of nitrogens with zero attached hydrogens (tertiary/aromatic N) is 2. The van der Waals surface area contributed by atoms with E-state index in [2.05, 4.69) is 42.9 Å². The number of carbonyl (C=O) groups excluding carboxylic acids is 1. The van der Waals surface area contributed by atoms with Crippen LogP contribution in [0.3, 0.4) is 0 Å². The van der Waals surface area contributed by atoms with Crippen LogP contribution in [0.2, 0.25) is 0 Å². The summed E-state index contributed by atoms with van der Waals surface area (Å²) in [5, 5.41) is 3.43. The second kappa shape index (κ2) is 8.14. The highest BCUT2D eigenvalue weighted by Crippen LogP contribution is 2.27. The fourth-order valence-electron chi connectivity index (χ4n) is 4.35. The van der Waals surface area contributed by atoms with Crippen molar-refractivity contribution in [3.8, 4) is 0 Å². The fourth-order valence-corrected chi connectivity index (χ4v) is 4.35. The topological polar surface area (TPSA) is 87.2 Å². The molecule has 0 unspecified atom stereocenters. The summed E-state index contributed by atoms with van der Waals surface area (Å²) >= 11 is 0. The van der Waals surface area contributed by atoms with Gasteiger partial charge >= 0.3 is 5.69 Å². The van der Waals surface area contributed by atoms with E-state index in [1.54, 1.807) is 25.1 Å². The Kier molecular flexibility index (Phi) is 5.98. The summed E-state index contributed by atoms with van der Waals surface area (Å²) in [5.41, 5.74) is -0.142. The molecule has 1 amide bonds. The maximum Gasteiger partial charge on any atom is 0.328 e. The number of aromatic nitrogens is 2. The quantitative estimate of drug-likeness (QED) is 0.805. The van der Waals surface area contributed by atoms with Crippen molar-refractivity contribution in [2.75, 3.05) is 19.6 Å². The SMILES string of the molecule is CCn1c(=O)[nH]c2cc(C(=O)NCC(C)(C)N3C[C@@H](C)C[C@H](C)C3)ccc2c1=O. The third-order valence-electron chi connectivity index (χ3n) is 5.97. The number of nitrogens with one attached hydrogen (secondary N) is 2.